The SMILES string of the molecule is CCc1nc(CCC2CCN(C(C)C)CC2)cn1CC(=O)Nc1ccc(Cl)cc1. The zero-order valence-electron chi connectivity index (χ0n) is 17.8. The van der Waals surface area contributed by atoms with Crippen LogP contribution in [0.4, 0.5) is 5.69 Å². The number of carbonyl (C=O) groups is 1. The van der Waals surface area contributed by atoms with E-state index in [0.717, 1.165) is 36.0 Å². The van der Waals surface area contributed by atoms with E-state index in [0.29, 0.717) is 11.1 Å². The third-order valence-electron chi connectivity index (χ3n) is 5.86. The van der Waals surface area contributed by atoms with Crippen molar-refractivity contribution in [1.82, 2.24) is 14.5 Å². The number of rotatable bonds is 8. The molecule has 3 rings (SSSR count). The summed E-state index contributed by atoms with van der Waals surface area (Å²) in [6.07, 6.45) is 7.62. The molecule has 0 unspecified atom stereocenters. The van der Waals surface area contributed by atoms with Crippen molar-refractivity contribution >= 4 is 23.2 Å². The van der Waals surface area contributed by atoms with Crippen LogP contribution in [-0.4, -0.2) is 39.5 Å². The molecular formula is C23H33ClN4O. The lowest BCUT2D eigenvalue weighted by molar-refractivity contribution is -0.116. The maximum Gasteiger partial charge on any atom is 0.244 e. The summed E-state index contributed by atoms with van der Waals surface area (Å²) in [6, 6.07) is 7.82. The smallest absolute Gasteiger partial charge is 0.244 e. The van der Waals surface area contributed by atoms with E-state index in [1.165, 1.54) is 32.4 Å². The number of piperidine rings is 1. The molecule has 0 saturated carbocycles. The number of aromatic nitrogens is 2. The normalized spacial score (nSPS) is 15.8. The topological polar surface area (TPSA) is 50.2 Å². The van der Waals surface area contributed by atoms with Gasteiger partial charge in [0.05, 0.1) is 5.69 Å². The number of hydrogen-bond acceptors (Lipinski definition) is 3. The summed E-state index contributed by atoms with van der Waals surface area (Å²) in [5, 5.41) is 3.58. The minimum absolute atomic E-state index is 0.0490. The maximum atomic E-state index is 12.4. The fourth-order valence-corrected chi connectivity index (χ4v) is 4.18. The maximum absolute atomic E-state index is 12.4. The highest BCUT2D eigenvalue weighted by molar-refractivity contribution is 6.30. The molecule has 1 aromatic carbocycles. The fraction of sp³-hybridized carbons (Fsp3) is 0.565. The Hall–Kier alpha value is -1.85. The Bertz CT molecular complexity index is 792. The van der Waals surface area contributed by atoms with Crippen LogP contribution in [0.5, 0.6) is 0 Å². The third-order valence-corrected chi connectivity index (χ3v) is 6.11. The monoisotopic (exact) mass is 416 g/mol. The molecule has 0 atom stereocenters. The Balaban J connectivity index is 1.52. The van der Waals surface area contributed by atoms with Crippen molar-refractivity contribution in [3.8, 4) is 0 Å². The van der Waals surface area contributed by atoms with Crippen LogP contribution in [0.2, 0.25) is 5.02 Å². The highest BCUT2D eigenvalue weighted by atomic mass is 35.5. The van der Waals surface area contributed by atoms with E-state index >= 15 is 0 Å². The lowest BCUT2D eigenvalue weighted by Crippen LogP contribution is -2.38. The second-order valence-corrected chi connectivity index (χ2v) is 8.73. The van der Waals surface area contributed by atoms with E-state index in [-0.39, 0.29) is 12.5 Å². The van der Waals surface area contributed by atoms with Gasteiger partial charge in [0, 0.05) is 29.4 Å². The van der Waals surface area contributed by atoms with Crippen LogP contribution < -0.4 is 5.32 Å². The van der Waals surface area contributed by atoms with E-state index in [2.05, 4.69) is 37.2 Å². The standard InChI is InChI=1S/C23H33ClN4O/c1-4-22-25-21(8-5-18-11-13-27(14-12-18)17(2)3)15-28(22)16-23(29)26-20-9-6-19(24)7-10-20/h6-7,9-10,15,17-18H,4-5,8,11-14,16H2,1-3H3,(H,26,29). The van der Waals surface area contributed by atoms with Gasteiger partial charge >= 0.3 is 0 Å². The summed E-state index contributed by atoms with van der Waals surface area (Å²) in [5.41, 5.74) is 1.86. The number of nitrogens with zero attached hydrogens (tertiary/aromatic N) is 3. The van der Waals surface area contributed by atoms with E-state index in [1.807, 2.05) is 16.7 Å². The van der Waals surface area contributed by atoms with E-state index < -0.39 is 0 Å². The molecule has 0 bridgehead atoms. The van der Waals surface area contributed by atoms with E-state index in [4.69, 9.17) is 16.6 Å². The van der Waals surface area contributed by atoms with Crippen LogP contribution in [0.15, 0.2) is 30.5 Å². The van der Waals surface area contributed by atoms with Gasteiger partial charge in [-0.25, -0.2) is 4.98 Å². The average molecular weight is 417 g/mol. The predicted octanol–water partition coefficient (Wildman–Crippen LogP) is 4.79. The number of halogens is 1. The number of likely N-dealkylation sites (tertiary alicyclic amines) is 1. The molecular weight excluding hydrogens is 384 g/mol. The molecule has 0 radical (unpaired) electrons. The van der Waals surface area contributed by atoms with Crippen LogP contribution in [0.3, 0.4) is 0 Å². The molecule has 1 N–H and O–H groups in total. The molecule has 2 heterocycles. The van der Waals surface area contributed by atoms with E-state index in [9.17, 15) is 4.79 Å². The van der Waals surface area contributed by atoms with Gasteiger partial charge in [0.15, 0.2) is 0 Å². The van der Waals surface area contributed by atoms with Gasteiger partial charge in [-0.2, -0.15) is 0 Å². The first-order valence-corrected chi connectivity index (χ1v) is 11.2. The molecule has 29 heavy (non-hydrogen) atoms. The van der Waals surface area contributed by atoms with Crippen molar-refractivity contribution < 1.29 is 4.79 Å². The number of imidazole rings is 1. The summed E-state index contributed by atoms with van der Waals surface area (Å²) in [5.74, 6) is 1.71. The highest BCUT2D eigenvalue weighted by Gasteiger charge is 2.21. The second-order valence-electron chi connectivity index (χ2n) is 8.30. The minimum atomic E-state index is -0.0490. The lowest BCUT2D eigenvalue weighted by atomic mass is 9.91. The number of amides is 1. The van der Waals surface area contributed by atoms with Crippen molar-refractivity contribution in [2.75, 3.05) is 18.4 Å². The molecule has 158 valence electrons. The van der Waals surface area contributed by atoms with Gasteiger partial charge in [-0.15, -0.1) is 0 Å². The molecule has 1 amide bonds. The molecule has 1 aliphatic heterocycles. The van der Waals surface area contributed by atoms with Crippen LogP contribution >= 0.6 is 11.6 Å². The van der Waals surface area contributed by atoms with Crippen LogP contribution in [0, 0.1) is 5.92 Å². The summed E-state index contributed by atoms with van der Waals surface area (Å²) >= 11 is 5.90. The lowest BCUT2D eigenvalue weighted by Gasteiger charge is -2.34. The first-order chi connectivity index (χ1) is 13.9. The number of nitrogens with one attached hydrogen (secondary N) is 1. The molecule has 0 spiro atoms. The molecule has 0 aliphatic carbocycles. The first kappa shape index (κ1) is 21.8. The number of anilines is 1. The Morgan fingerprint density at radius 1 is 1.24 bits per heavy atom. The second kappa shape index (κ2) is 10.3. The molecule has 5 nitrogen and oxygen atoms in total. The van der Waals surface area contributed by atoms with Crippen LogP contribution in [0.1, 0.15) is 51.6 Å². The van der Waals surface area contributed by atoms with Gasteiger partial charge in [0.1, 0.15) is 12.4 Å². The van der Waals surface area contributed by atoms with Gasteiger partial charge in [-0.05, 0) is 82.8 Å². The van der Waals surface area contributed by atoms with Crippen molar-refractivity contribution in [1.29, 1.82) is 0 Å². The minimum Gasteiger partial charge on any atom is -0.325 e. The van der Waals surface area contributed by atoms with Crippen molar-refractivity contribution in [2.45, 2.75) is 65.5 Å². The van der Waals surface area contributed by atoms with Gasteiger partial charge in [-0.3, -0.25) is 4.79 Å². The molecule has 2 aromatic rings. The zero-order chi connectivity index (χ0) is 20.8. The fourth-order valence-electron chi connectivity index (χ4n) is 4.05. The number of benzene rings is 1. The third kappa shape index (κ3) is 6.31. The molecule has 6 heteroatoms. The van der Waals surface area contributed by atoms with Gasteiger partial charge < -0.3 is 14.8 Å². The molecule has 1 fully saturated rings. The zero-order valence-corrected chi connectivity index (χ0v) is 18.6. The van der Waals surface area contributed by atoms with Crippen molar-refractivity contribution in [3.05, 3.63) is 47.0 Å². The van der Waals surface area contributed by atoms with Gasteiger partial charge in [-0.1, -0.05) is 18.5 Å². The first-order valence-electron chi connectivity index (χ1n) is 10.8. The highest BCUT2D eigenvalue weighted by Crippen LogP contribution is 2.23. The molecule has 1 aliphatic rings. The molecule has 1 aromatic heterocycles. The molecule has 1 saturated heterocycles. The summed E-state index contributed by atoms with van der Waals surface area (Å²) in [4.78, 5) is 19.8. The summed E-state index contributed by atoms with van der Waals surface area (Å²) in [6.45, 7) is 9.35. The van der Waals surface area contributed by atoms with E-state index in [1.54, 1.807) is 12.1 Å². The van der Waals surface area contributed by atoms with Crippen LogP contribution in [0.25, 0.3) is 0 Å². The van der Waals surface area contributed by atoms with Gasteiger partial charge in [0.25, 0.3) is 0 Å². The Morgan fingerprint density at radius 2 is 1.93 bits per heavy atom. The predicted molar refractivity (Wildman–Crippen MR) is 119 cm³/mol. The Labute approximate surface area is 179 Å². The summed E-state index contributed by atoms with van der Waals surface area (Å²) < 4.78 is 1.99. The van der Waals surface area contributed by atoms with Crippen molar-refractivity contribution in [2.24, 2.45) is 5.92 Å². The number of carbonyl (C=O) groups excluding carboxylic acids is 1. The summed E-state index contributed by atoms with van der Waals surface area (Å²) in [7, 11) is 0. The van der Waals surface area contributed by atoms with Crippen LogP contribution in [-0.2, 0) is 24.2 Å². The Morgan fingerprint density at radius 3 is 2.55 bits per heavy atom. The number of hydrogen-bond donors (Lipinski definition) is 1. The largest absolute Gasteiger partial charge is 0.325 e. The average Bonchev–Trinajstić information content (AvgIpc) is 3.10. The quantitative estimate of drug-likeness (QED) is 0.673. The van der Waals surface area contributed by atoms with Crippen molar-refractivity contribution in [3.63, 3.8) is 0 Å². The number of aryl methyl sites for hydroxylation is 2. The Kier molecular flexibility index (Phi) is 7.73. The van der Waals surface area contributed by atoms with Gasteiger partial charge in [0.2, 0.25) is 5.91 Å².